The van der Waals surface area contributed by atoms with E-state index in [9.17, 15) is 5.11 Å². The van der Waals surface area contributed by atoms with E-state index >= 15 is 0 Å². The monoisotopic (exact) mass is 197 g/mol. The first-order valence-electron chi connectivity index (χ1n) is 5.81. The topological polar surface area (TPSA) is 32.3 Å². The molecule has 0 aromatic carbocycles. The normalized spacial score (nSPS) is 40.1. The second-order valence-electron chi connectivity index (χ2n) is 6.15. The number of hydrogen-bond acceptors (Lipinski definition) is 2. The summed E-state index contributed by atoms with van der Waals surface area (Å²) in [4.78, 5) is 0. The third-order valence-corrected chi connectivity index (χ3v) is 4.88. The molecule has 0 aromatic rings. The van der Waals surface area contributed by atoms with Gasteiger partial charge in [-0.1, -0.05) is 27.7 Å². The Bertz CT molecular complexity index is 220. The summed E-state index contributed by atoms with van der Waals surface area (Å²) >= 11 is 0. The highest BCUT2D eigenvalue weighted by atomic mass is 16.3. The van der Waals surface area contributed by atoms with E-state index in [1.807, 2.05) is 0 Å². The fourth-order valence-corrected chi connectivity index (χ4v) is 2.96. The molecule has 2 N–H and O–H groups in total. The minimum Gasteiger partial charge on any atom is -0.392 e. The first kappa shape index (κ1) is 10.4. The first-order chi connectivity index (χ1) is 6.37. The number of hydrogen-bond donors (Lipinski definition) is 2. The summed E-state index contributed by atoms with van der Waals surface area (Å²) in [6.45, 7) is 9.25. The Hall–Kier alpha value is -0.0800. The highest BCUT2D eigenvalue weighted by Gasteiger charge is 2.65. The molecule has 0 radical (unpaired) electrons. The van der Waals surface area contributed by atoms with Crippen molar-refractivity contribution >= 4 is 0 Å². The van der Waals surface area contributed by atoms with Crippen molar-refractivity contribution in [3.05, 3.63) is 0 Å². The molecule has 0 bridgehead atoms. The van der Waals surface area contributed by atoms with E-state index in [0.29, 0.717) is 22.9 Å². The van der Waals surface area contributed by atoms with Crippen LogP contribution in [0.25, 0.3) is 0 Å². The van der Waals surface area contributed by atoms with Crippen molar-refractivity contribution < 1.29 is 5.11 Å². The van der Waals surface area contributed by atoms with Crippen molar-refractivity contribution in [3.8, 4) is 0 Å². The van der Waals surface area contributed by atoms with Crippen LogP contribution in [0.3, 0.4) is 0 Å². The molecular formula is C12H23NO. The highest BCUT2D eigenvalue weighted by Crippen LogP contribution is 2.62. The maximum atomic E-state index is 9.74. The quantitative estimate of drug-likeness (QED) is 0.709. The Labute approximate surface area is 87.1 Å². The predicted octanol–water partition coefficient (Wildman–Crippen LogP) is 1.92. The van der Waals surface area contributed by atoms with Crippen LogP contribution in [0.4, 0.5) is 0 Å². The number of rotatable bonds is 2. The van der Waals surface area contributed by atoms with Gasteiger partial charge in [0.05, 0.1) is 6.10 Å². The molecule has 2 heteroatoms. The molecular weight excluding hydrogens is 174 g/mol. The molecule has 0 aromatic heterocycles. The summed E-state index contributed by atoms with van der Waals surface area (Å²) in [6.07, 6.45) is 3.18. The summed E-state index contributed by atoms with van der Waals surface area (Å²) in [6, 6.07) is 0.925. The maximum absolute atomic E-state index is 9.74. The lowest BCUT2D eigenvalue weighted by molar-refractivity contribution is 0.145. The van der Waals surface area contributed by atoms with Crippen molar-refractivity contribution in [1.82, 2.24) is 5.32 Å². The highest BCUT2D eigenvalue weighted by molar-refractivity contribution is 5.18. The van der Waals surface area contributed by atoms with Crippen LogP contribution in [0.15, 0.2) is 0 Å². The van der Waals surface area contributed by atoms with Crippen molar-refractivity contribution in [2.75, 3.05) is 0 Å². The van der Waals surface area contributed by atoms with Crippen molar-refractivity contribution in [1.29, 1.82) is 0 Å². The Morgan fingerprint density at radius 1 is 1.07 bits per heavy atom. The van der Waals surface area contributed by atoms with Gasteiger partial charge in [0.15, 0.2) is 0 Å². The van der Waals surface area contributed by atoms with Crippen LogP contribution in [0.5, 0.6) is 0 Å². The summed E-state index contributed by atoms with van der Waals surface area (Å²) in [5, 5.41) is 13.4. The summed E-state index contributed by atoms with van der Waals surface area (Å²) in [7, 11) is 0. The second kappa shape index (κ2) is 2.96. The zero-order valence-corrected chi connectivity index (χ0v) is 9.80. The van der Waals surface area contributed by atoms with Gasteiger partial charge >= 0.3 is 0 Å². The van der Waals surface area contributed by atoms with Gasteiger partial charge in [-0.15, -0.1) is 0 Å². The zero-order chi connectivity index (χ0) is 10.6. The van der Waals surface area contributed by atoms with Gasteiger partial charge in [-0.05, 0) is 30.1 Å². The minimum atomic E-state index is -0.109. The molecule has 0 unspecified atom stereocenters. The average Bonchev–Trinajstić information content (AvgIpc) is 2.46. The molecule has 0 amide bonds. The van der Waals surface area contributed by atoms with Crippen LogP contribution in [0.2, 0.25) is 0 Å². The molecule has 82 valence electrons. The molecule has 0 saturated heterocycles. The summed E-state index contributed by atoms with van der Waals surface area (Å²) < 4.78 is 0. The molecule has 14 heavy (non-hydrogen) atoms. The Kier molecular flexibility index (Phi) is 2.20. The summed E-state index contributed by atoms with van der Waals surface area (Å²) in [5.74, 6) is 0. The lowest BCUT2D eigenvalue weighted by Crippen LogP contribution is -2.39. The Morgan fingerprint density at radius 3 is 2.00 bits per heavy atom. The van der Waals surface area contributed by atoms with E-state index in [-0.39, 0.29) is 6.10 Å². The number of nitrogens with one attached hydrogen (secondary N) is 1. The molecule has 0 aliphatic heterocycles. The van der Waals surface area contributed by atoms with Gasteiger partial charge in [0.2, 0.25) is 0 Å². The molecule has 2 atom stereocenters. The standard InChI is InChI=1S/C12H23NO/c1-11(2)10(12(11,3)4)13-8-6-5-7-9(8)14/h8-10,13-14H,5-7H2,1-4H3/t8-,9-/m1/s1. The first-order valence-corrected chi connectivity index (χ1v) is 5.81. The lowest BCUT2D eigenvalue weighted by Gasteiger charge is -2.17. The minimum absolute atomic E-state index is 0.109. The van der Waals surface area contributed by atoms with Crippen LogP contribution in [-0.2, 0) is 0 Å². The third kappa shape index (κ3) is 1.31. The van der Waals surface area contributed by atoms with Gasteiger partial charge in [-0.2, -0.15) is 0 Å². The van der Waals surface area contributed by atoms with E-state index in [1.54, 1.807) is 0 Å². The van der Waals surface area contributed by atoms with E-state index < -0.39 is 0 Å². The van der Waals surface area contributed by atoms with Crippen LogP contribution >= 0.6 is 0 Å². The van der Waals surface area contributed by atoms with Crippen molar-refractivity contribution in [2.24, 2.45) is 10.8 Å². The molecule has 0 heterocycles. The van der Waals surface area contributed by atoms with Crippen molar-refractivity contribution in [3.63, 3.8) is 0 Å². The van der Waals surface area contributed by atoms with Gasteiger partial charge < -0.3 is 10.4 Å². The number of aliphatic hydroxyl groups excluding tert-OH is 1. The lowest BCUT2D eigenvalue weighted by atomic mass is 10.0. The van der Waals surface area contributed by atoms with Gasteiger partial charge in [0.25, 0.3) is 0 Å². The zero-order valence-electron chi connectivity index (χ0n) is 9.80. The Balaban J connectivity index is 1.94. The van der Waals surface area contributed by atoms with Crippen LogP contribution < -0.4 is 5.32 Å². The van der Waals surface area contributed by atoms with Gasteiger partial charge in [0.1, 0.15) is 0 Å². The largest absolute Gasteiger partial charge is 0.392 e. The smallest absolute Gasteiger partial charge is 0.0693 e. The van der Waals surface area contributed by atoms with Gasteiger partial charge in [0, 0.05) is 12.1 Å². The molecule has 2 saturated carbocycles. The van der Waals surface area contributed by atoms with E-state index in [0.717, 1.165) is 12.8 Å². The third-order valence-electron chi connectivity index (χ3n) is 4.88. The fraction of sp³-hybridized carbons (Fsp3) is 1.00. The van der Waals surface area contributed by atoms with E-state index in [4.69, 9.17) is 0 Å². The SMILES string of the molecule is CC1(C)C(N[C@@H]2CCC[C@H]2O)C1(C)C. The molecule has 2 nitrogen and oxygen atoms in total. The number of aliphatic hydroxyl groups is 1. The Morgan fingerprint density at radius 2 is 1.64 bits per heavy atom. The molecule has 2 aliphatic rings. The predicted molar refractivity (Wildman–Crippen MR) is 58.1 cm³/mol. The molecule has 2 aliphatic carbocycles. The molecule has 2 fully saturated rings. The van der Waals surface area contributed by atoms with E-state index in [2.05, 4.69) is 33.0 Å². The van der Waals surface area contributed by atoms with Gasteiger partial charge in [-0.25, -0.2) is 0 Å². The van der Waals surface area contributed by atoms with Crippen molar-refractivity contribution in [2.45, 2.75) is 65.1 Å². The van der Waals surface area contributed by atoms with Crippen LogP contribution in [0, 0.1) is 10.8 Å². The fourth-order valence-electron chi connectivity index (χ4n) is 2.96. The molecule has 2 rings (SSSR count). The second-order valence-corrected chi connectivity index (χ2v) is 6.15. The van der Waals surface area contributed by atoms with Crippen LogP contribution in [0.1, 0.15) is 47.0 Å². The molecule has 0 spiro atoms. The average molecular weight is 197 g/mol. The maximum Gasteiger partial charge on any atom is 0.0693 e. The summed E-state index contributed by atoms with van der Waals surface area (Å²) in [5.41, 5.74) is 0.768. The van der Waals surface area contributed by atoms with E-state index in [1.165, 1.54) is 6.42 Å². The van der Waals surface area contributed by atoms with Gasteiger partial charge in [-0.3, -0.25) is 0 Å². The van der Waals surface area contributed by atoms with Crippen LogP contribution in [-0.4, -0.2) is 23.3 Å².